The minimum Gasteiger partial charge on any atom is -0.466 e. The number of hydrogen-bond donors (Lipinski definition) is 1. The summed E-state index contributed by atoms with van der Waals surface area (Å²) in [7, 11) is 0. The van der Waals surface area contributed by atoms with E-state index in [-0.39, 0.29) is 0 Å². The van der Waals surface area contributed by atoms with Crippen LogP contribution in [0.15, 0.2) is 40.8 Å². The molecule has 0 saturated carbocycles. The Hall–Kier alpha value is -1.54. The molecular formula is C15H19NO. The highest BCUT2D eigenvalue weighted by Crippen LogP contribution is 2.15. The molecule has 0 atom stereocenters. The van der Waals surface area contributed by atoms with E-state index in [0.29, 0.717) is 0 Å². The molecule has 1 aromatic carbocycles. The molecule has 1 aromatic heterocycles. The van der Waals surface area contributed by atoms with Gasteiger partial charge in [0.15, 0.2) is 0 Å². The lowest BCUT2D eigenvalue weighted by atomic mass is 10.2. The number of benzene rings is 1. The summed E-state index contributed by atoms with van der Waals surface area (Å²) >= 11 is 0. The van der Waals surface area contributed by atoms with Crippen LogP contribution in [0.2, 0.25) is 0 Å². The number of nitrogens with one attached hydrogen (secondary N) is 1. The molecule has 90 valence electrons. The van der Waals surface area contributed by atoms with Gasteiger partial charge < -0.3 is 9.73 Å². The van der Waals surface area contributed by atoms with Crippen LogP contribution in [0, 0.1) is 6.92 Å². The van der Waals surface area contributed by atoms with Gasteiger partial charge in [-0.2, -0.15) is 0 Å². The molecule has 1 heterocycles. The van der Waals surface area contributed by atoms with Crippen LogP contribution in [-0.2, 0) is 19.5 Å². The van der Waals surface area contributed by atoms with Crippen LogP contribution < -0.4 is 5.32 Å². The van der Waals surface area contributed by atoms with Gasteiger partial charge in [0.1, 0.15) is 11.5 Å². The zero-order valence-corrected chi connectivity index (χ0v) is 10.5. The third kappa shape index (κ3) is 3.21. The average molecular weight is 229 g/mol. The molecule has 0 amide bonds. The van der Waals surface area contributed by atoms with Crippen molar-refractivity contribution in [1.82, 2.24) is 5.32 Å². The number of aryl methyl sites for hydroxylation is 2. The smallest absolute Gasteiger partial charge is 0.108 e. The lowest BCUT2D eigenvalue weighted by Crippen LogP contribution is -2.12. The van der Waals surface area contributed by atoms with Gasteiger partial charge in [0.25, 0.3) is 0 Å². The molecule has 0 bridgehead atoms. The van der Waals surface area contributed by atoms with Crippen LogP contribution in [0.1, 0.15) is 29.6 Å². The van der Waals surface area contributed by atoms with Gasteiger partial charge in [-0.1, -0.05) is 37.3 Å². The first kappa shape index (κ1) is 11.9. The van der Waals surface area contributed by atoms with E-state index >= 15 is 0 Å². The van der Waals surface area contributed by atoms with E-state index in [1.165, 1.54) is 11.1 Å². The van der Waals surface area contributed by atoms with Crippen LogP contribution in [0.4, 0.5) is 0 Å². The van der Waals surface area contributed by atoms with Crippen molar-refractivity contribution >= 4 is 0 Å². The first-order valence-corrected chi connectivity index (χ1v) is 6.12. The molecule has 2 nitrogen and oxygen atoms in total. The fourth-order valence-electron chi connectivity index (χ4n) is 2.00. The normalized spacial score (nSPS) is 10.7. The Bertz CT molecular complexity index is 459. The molecule has 0 radical (unpaired) electrons. The van der Waals surface area contributed by atoms with Crippen molar-refractivity contribution in [2.45, 2.75) is 33.4 Å². The second-order valence-electron chi connectivity index (χ2n) is 4.25. The molecule has 0 aliphatic carbocycles. The Morgan fingerprint density at radius 3 is 2.59 bits per heavy atom. The van der Waals surface area contributed by atoms with E-state index in [1.54, 1.807) is 0 Å². The Labute approximate surface area is 103 Å². The number of rotatable bonds is 5. The molecular weight excluding hydrogens is 210 g/mol. The van der Waals surface area contributed by atoms with Crippen LogP contribution in [0.3, 0.4) is 0 Å². The van der Waals surface area contributed by atoms with Crippen LogP contribution in [0.5, 0.6) is 0 Å². The Balaban J connectivity index is 1.90. The Morgan fingerprint density at radius 1 is 1.12 bits per heavy atom. The first-order chi connectivity index (χ1) is 8.29. The molecule has 0 saturated heterocycles. The third-order valence-electron chi connectivity index (χ3n) is 2.83. The minimum absolute atomic E-state index is 0.870. The average Bonchev–Trinajstić information content (AvgIpc) is 2.71. The van der Waals surface area contributed by atoms with Gasteiger partial charge in [-0.3, -0.25) is 0 Å². The van der Waals surface area contributed by atoms with Crippen molar-refractivity contribution in [1.29, 1.82) is 0 Å². The predicted octanol–water partition coefficient (Wildman–Crippen LogP) is 3.44. The Morgan fingerprint density at radius 2 is 1.88 bits per heavy atom. The second-order valence-corrected chi connectivity index (χ2v) is 4.25. The number of furan rings is 1. The first-order valence-electron chi connectivity index (χ1n) is 6.12. The Kier molecular flexibility index (Phi) is 3.99. The SMILES string of the molecule is CCc1oc(C)cc1CNCc1ccccc1. The maximum absolute atomic E-state index is 5.63. The fraction of sp³-hybridized carbons (Fsp3) is 0.333. The zero-order chi connectivity index (χ0) is 12.1. The summed E-state index contributed by atoms with van der Waals surface area (Å²) in [5.74, 6) is 2.10. The van der Waals surface area contributed by atoms with E-state index < -0.39 is 0 Å². The summed E-state index contributed by atoms with van der Waals surface area (Å²) in [5, 5.41) is 3.45. The summed E-state index contributed by atoms with van der Waals surface area (Å²) in [4.78, 5) is 0. The fourth-order valence-corrected chi connectivity index (χ4v) is 2.00. The summed E-state index contributed by atoms with van der Waals surface area (Å²) in [6, 6.07) is 12.6. The summed E-state index contributed by atoms with van der Waals surface area (Å²) in [6.45, 7) is 5.89. The van der Waals surface area contributed by atoms with Gasteiger partial charge in [-0.25, -0.2) is 0 Å². The van der Waals surface area contributed by atoms with Crippen molar-refractivity contribution in [2.24, 2.45) is 0 Å². The molecule has 0 unspecified atom stereocenters. The third-order valence-corrected chi connectivity index (χ3v) is 2.83. The van der Waals surface area contributed by atoms with Crippen LogP contribution in [-0.4, -0.2) is 0 Å². The monoisotopic (exact) mass is 229 g/mol. The van der Waals surface area contributed by atoms with Gasteiger partial charge >= 0.3 is 0 Å². The molecule has 0 fully saturated rings. The molecule has 1 N–H and O–H groups in total. The van der Waals surface area contributed by atoms with Crippen molar-refractivity contribution < 1.29 is 4.42 Å². The van der Waals surface area contributed by atoms with Gasteiger partial charge in [0, 0.05) is 25.1 Å². The molecule has 0 aliphatic rings. The summed E-state index contributed by atoms with van der Waals surface area (Å²) in [5.41, 5.74) is 2.59. The van der Waals surface area contributed by atoms with Gasteiger partial charge in [0.05, 0.1) is 0 Å². The second kappa shape index (κ2) is 5.69. The number of hydrogen-bond acceptors (Lipinski definition) is 2. The highest BCUT2D eigenvalue weighted by molar-refractivity contribution is 5.21. The maximum Gasteiger partial charge on any atom is 0.108 e. The van der Waals surface area contributed by atoms with Crippen molar-refractivity contribution in [2.75, 3.05) is 0 Å². The zero-order valence-electron chi connectivity index (χ0n) is 10.5. The summed E-state index contributed by atoms with van der Waals surface area (Å²) in [6.07, 6.45) is 0.955. The van der Waals surface area contributed by atoms with E-state index in [1.807, 2.05) is 13.0 Å². The van der Waals surface area contributed by atoms with E-state index in [4.69, 9.17) is 4.42 Å². The van der Waals surface area contributed by atoms with E-state index in [9.17, 15) is 0 Å². The largest absolute Gasteiger partial charge is 0.466 e. The molecule has 17 heavy (non-hydrogen) atoms. The lowest BCUT2D eigenvalue weighted by Gasteiger charge is -2.04. The predicted molar refractivity (Wildman–Crippen MR) is 69.8 cm³/mol. The minimum atomic E-state index is 0.870. The molecule has 0 aliphatic heterocycles. The van der Waals surface area contributed by atoms with Crippen LogP contribution >= 0.6 is 0 Å². The lowest BCUT2D eigenvalue weighted by molar-refractivity contribution is 0.482. The standard InChI is InChI=1S/C15H19NO/c1-3-15-14(9-12(2)17-15)11-16-10-13-7-5-4-6-8-13/h4-9,16H,3,10-11H2,1-2H3. The highest BCUT2D eigenvalue weighted by atomic mass is 16.3. The van der Waals surface area contributed by atoms with E-state index in [2.05, 4.69) is 42.6 Å². The van der Waals surface area contributed by atoms with Crippen molar-refractivity contribution in [3.8, 4) is 0 Å². The van der Waals surface area contributed by atoms with Gasteiger partial charge in [-0.05, 0) is 18.6 Å². The van der Waals surface area contributed by atoms with Crippen LogP contribution in [0.25, 0.3) is 0 Å². The summed E-state index contributed by atoms with van der Waals surface area (Å²) < 4.78 is 5.63. The van der Waals surface area contributed by atoms with Crippen molar-refractivity contribution in [3.63, 3.8) is 0 Å². The quantitative estimate of drug-likeness (QED) is 0.849. The maximum atomic E-state index is 5.63. The highest BCUT2D eigenvalue weighted by Gasteiger charge is 2.06. The van der Waals surface area contributed by atoms with Gasteiger partial charge in [0.2, 0.25) is 0 Å². The topological polar surface area (TPSA) is 25.2 Å². The molecule has 2 heteroatoms. The van der Waals surface area contributed by atoms with E-state index in [0.717, 1.165) is 31.0 Å². The van der Waals surface area contributed by atoms with Gasteiger partial charge in [-0.15, -0.1) is 0 Å². The van der Waals surface area contributed by atoms with Crippen molar-refractivity contribution in [3.05, 3.63) is 59.0 Å². The molecule has 2 aromatic rings. The molecule has 0 spiro atoms. The molecule has 2 rings (SSSR count).